The number of aromatic hydroxyl groups is 6. The fourth-order valence-corrected chi connectivity index (χ4v) is 8.32. The van der Waals surface area contributed by atoms with Crippen molar-refractivity contribution >= 4 is 59.6 Å². The predicted molar refractivity (Wildman–Crippen MR) is 190 cm³/mol. The van der Waals surface area contributed by atoms with Gasteiger partial charge in [0.15, 0.2) is 34.2 Å². The van der Waals surface area contributed by atoms with Crippen molar-refractivity contribution in [2.45, 2.75) is 11.7 Å². The molecule has 9 N–H and O–H groups in total. The Bertz CT molecular complexity index is 2880. The number of benzene rings is 7. The van der Waals surface area contributed by atoms with Crippen LogP contribution in [0.25, 0.3) is 70.8 Å². The van der Waals surface area contributed by atoms with Crippen LogP contribution in [0.2, 0.25) is 0 Å². The predicted octanol–water partition coefficient (Wildman–Crippen LogP) is 7.46. The van der Waals surface area contributed by atoms with Crippen LogP contribution in [-0.4, -0.2) is 52.1 Å². The van der Waals surface area contributed by atoms with E-state index in [0.717, 1.165) is 32.7 Å². The SMILES string of the molecule is OC1=C(c2c3ccccc3c(-c3ccc4ccccc4c3)c3ccccc23)c2c(oc3c2c(O)c(O)c2c(O)c(O)c(O)c(O)c23)C2(O)C(O)C12. The van der Waals surface area contributed by atoms with Crippen molar-refractivity contribution in [2.24, 2.45) is 5.92 Å². The van der Waals surface area contributed by atoms with E-state index in [-0.39, 0.29) is 22.3 Å². The summed E-state index contributed by atoms with van der Waals surface area (Å²) in [7, 11) is 0. The van der Waals surface area contributed by atoms with Crippen LogP contribution >= 0.6 is 0 Å². The monoisotopic (exact) mass is 678 g/mol. The average Bonchev–Trinajstić information content (AvgIpc) is 3.49. The maximum Gasteiger partial charge on any atom is 0.205 e. The molecule has 10 rings (SSSR count). The molecule has 0 radical (unpaired) electrons. The summed E-state index contributed by atoms with van der Waals surface area (Å²) in [6.45, 7) is 0. The largest absolute Gasteiger partial charge is 0.511 e. The summed E-state index contributed by atoms with van der Waals surface area (Å²) in [6, 6.07) is 29.4. The van der Waals surface area contributed by atoms with E-state index in [1.807, 2.05) is 72.8 Å². The molecular weight excluding hydrogens is 652 g/mol. The first-order valence-electron chi connectivity index (χ1n) is 16.1. The Morgan fingerprint density at radius 1 is 0.510 bits per heavy atom. The van der Waals surface area contributed by atoms with E-state index in [0.29, 0.717) is 16.3 Å². The zero-order chi connectivity index (χ0) is 35.2. The van der Waals surface area contributed by atoms with E-state index in [1.165, 1.54) is 0 Å². The fourth-order valence-electron chi connectivity index (χ4n) is 8.32. The molecular formula is C41H26O10. The van der Waals surface area contributed by atoms with Gasteiger partial charge in [-0.2, -0.15) is 0 Å². The molecule has 0 amide bonds. The Kier molecular flexibility index (Phi) is 5.48. The van der Waals surface area contributed by atoms with Gasteiger partial charge in [0.05, 0.1) is 22.1 Å². The number of hydrogen-bond acceptors (Lipinski definition) is 10. The van der Waals surface area contributed by atoms with E-state index in [9.17, 15) is 46.0 Å². The first-order chi connectivity index (χ1) is 24.6. The van der Waals surface area contributed by atoms with Gasteiger partial charge < -0.3 is 50.4 Å². The molecule has 51 heavy (non-hydrogen) atoms. The topological polar surface area (TPSA) is 195 Å². The van der Waals surface area contributed by atoms with Gasteiger partial charge in [0.2, 0.25) is 11.5 Å². The van der Waals surface area contributed by atoms with Gasteiger partial charge in [-0.1, -0.05) is 84.9 Å². The summed E-state index contributed by atoms with van der Waals surface area (Å²) < 4.78 is 6.17. The second kappa shape index (κ2) is 9.54. The van der Waals surface area contributed by atoms with Crippen molar-refractivity contribution in [3.05, 3.63) is 114 Å². The minimum Gasteiger partial charge on any atom is -0.511 e. The Hall–Kier alpha value is -6.62. The van der Waals surface area contributed by atoms with E-state index in [1.54, 1.807) is 0 Å². The van der Waals surface area contributed by atoms with Crippen LogP contribution in [0.3, 0.4) is 0 Å². The highest BCUT2D eigenvalue weighted by Gasteiger charge is 2.73. The van der Waals surface area contributed by atoms with Crippen LogP contribution in [0.5, 0.6) is 34.5 Å². The molecule has 10 heteroatoms. The summed E-state index contributed by atoms with van der Waals surface area (Å²) in [4.78, 5) is 0. The molecule has 0 spiro atoms. The standard InChI is InChI=1S/C41H26O10/c42-31-25(24-21-11-5-3-9-19(21)23(20-10-4-6-12-22(20)24)18-14-13-16-7-1-2-8-17(16)15-18)26-28-34(45)32(43)27-29(35(46)37(48)36(47)33(27)44)38(28)51-40(26)41(50)30(31)39(41)49/h1-15,30,39,42-50H. The summed E-state index contributed by atoms with van der Waals surface area (Å²) >= 11 is 0. The number of phenolic OH excluding ortho intramolecular Hbond substituents is 6. The lowest BCUT2D eigenvalue weighted by molar-refractivity contribution is 0.0605. The van der Waals surface area contributed by atoms with E-state index >= 15 is 0 Å². The highest BCUT2D eigenvalue weighted by atomic mass is 16.4. The highest BCUT2D eigenvalue weighted by molar-refractivity contribution is 6.25. The third-order valence-electron chi connectivity index (χ3n) is 10.7. The number of rotatable bonds is 2. The van der Waals surface area contributed by atoms with Gasteiger partial charge in [-0.15, -0.1) is 0 Å². The molecule has 2 aliphatic rings. The third kappa shape index (κ3) is 3.42. The molecule has 3 atom stereocenters. The first-order valence-corrected chi connectivity index (χ1v) is 16.1. The normalized spacial score (nSPS) is 19.7. The number of furan rings is 1. The van der Waals surface area contributed by atoms with Crippen molar-refractivity contribution < 1.29 is 50.4 Å². The first kappa shape index (κ1) is 29.3. The zero-order valence-electron chi connectivity index (χ0n) is 26.2. The zero-order valence-corrected chi connectivity index (χ0v) is 26.2. The van der Waals surface area contributed by atoms with Gasteiger partial charge in [-0.25, -0.2) is 0 Å². The molecule has 0 aliphatic heterocycles. The molecule has 250 valence electrons. The maximum atomic E-state index is 12.1. The van der Waals surface area contributed by atoms with E-state index in [2.05, 4.69) is 18.2 Å². The number of fused-ring (bicyclic) bond motifs is 10. The molecule has 0 bridgehead atoms. The summed E-state index contributed by atoms with van der Waals surface area (Å²) in [5.41, 5.74) is -0.191. The summed E-state index contributed by atoms with van der Waals surface area (Å²) in [6.07, 6.45) is -1.54. The molecule has 7 aromatic carbocycles. The van der Waals surface area contributed by atoms with Crippen LogP contribution in [0.1, 0.15) is 16.9 Å². The van der Waals surface area contributed by atoms with Gasteiger partial charge in [0.1, 0.15) is 17.6 Å². The van der Waals surface area contributed by atoms with Gasteiger partial charge in [0.25, 0.3) is 0 Å². The van der Waals surface area contributed by atoms with Crippen LogP contribution in [0, 0.1) is 5.92 Å². The fraction of sp³-hybridized carbons (Fsp3) is 0.0732. The number of aliphatic hydroxyl groups excluding tert-OH is 2. The molecule has 2 aliphatic carbocycles. The van der Waals surface area contributed by atoms with Crippen LogP contribution in [0.4, 0.5) is 0 Å². The van der Waals surface area contributed by atoms with Crippen molar-refractivity contribution in [3.8, 4) is 45.6 Å². The minimum atomic E-state index is -2.16. The van der Waals surface area contributed by atoms with Crippen molar-refractivity contribution in [2.75, 3.05) is 0 Å². The maximum absolute atomic E-state index is 12.1. The smallest absolute Gasteiger partial charge is 0.205 e. The number of hydrogen-bond donors (Lipinski definition) is 9. The average molecular weight is 679 g/mol. The molecule has 1 saturated carbocycles. The molecule has 3 unspecified atom stereocenters. The molecule has 0 saturated heterocycles. The second-order valence-electron chi connectivity index (χ2n) is 13.3. The van der Waals surface area contributed by atoms with Crippen molar-refractivity contribution in [1.82, 2.24) is 0 Å². The van der Waals surface area contributed by atoms with Crippen LogP contribution in [-0.2, 0) is 5.60 Å². The molecule has 1 heterocycles. The Morgan fingerprint density at radius 3 is 1.65 bits per heavy atom. The molecule has 1 aromatic heterocycles. The van der Waals surface area contributed by atoms with Gasteiger partial charge >= 0.3 is 0 Å². The van der Waals surface area contributed by atoms with Crippen molar-refractivity contribution in [3.63, 3.8) is 0 Å². The minimum absolute atomic E-state index is 0.0762. The van der Waals surface area contributed by atoms with E-state index in [4.69, 9.17) is 4.42 Å². The van der Waals surface area contributed by atoms with Crippen LogP contribution < -0.4 is 0 Å². The van der Waals surface area contributed by atoms with Crippen molar-refractivity contribution in [1.29, 1.82) is 0 Å². The lowest BCUT2D eigenvalue weighted by atomic mass is 9.80. The van der Waals surface area contributed by atoms with Crippen LogP contribution in [0.15, 0.2) is 101 Å². The van der Waals surface area contributed by atoms with Gasteiger partial charge in [0, 0.05) is 16.7 Å². The quantitative estimate of drug-likeness (QED) is 0.0503. The van der Waals surface area contributed by atoms with E-state index < -0.39 is 74.2 Å². The lowest BCUT2D eigenvalue weighted by Gasteiger charge is -2.24. The summed E-state index contributed by atoms with van der Waals surface area (Å²) in [5, 5.41) is 104. The number of aliphatic hydroxyl groups is 3. The Balaban J connectivity index is 1.38. The van der Waals surface area contributed by atoms with Gasteiger partial charge in [-0.05, 0) is 49.5 Å². The number of phenols is 6. The third-order valence-corrected chi connectivity index (χ3v) is 10.7. The Morgan fingerprint density at radius 2 is 1.02 bits per heavy atom. The lowest BCUT2D eigenvalue weighted by Crippen LogP contribution is -2.18. The summed E-state index contributed by atoms with van der Waals surface area (Å²) in [5.74, 6) is -8.06. The van der Waals surface area contributed by atoms with Gasteiger partial charge in [-0.3, -0.25) is 0 Å². The highest BCUT2D eigenvalue weighted by Crippen LogP contribution is 2.67. The molecule has 10 nitrogen and oxygen atoms in total. The Labute approximate surface area is 286 Å². The molecule has 1 fully saturated rings. The molecule has 8 aromatic rings. The second-order valence-corrected chi connectivity index (χ2v) is 13.3.